The predicted molar refractivity (Wildman–Crippen MR) is 149 cm³/mol. The van der Waals surface area contributed by atoms with Crippen molar-refractivity contribution in [1.82, 2.24) is 5.32 Å². The fourth-order valence-electron chi connectivity index (χ4n) is 4.20. The summed E-state index contributed by atoms with van der Waals surface area (Å²) in [6, 6.07) is 30.6. The fraction of sp³-hybridized carbons (Fsp3) is 0.267. The summed E-state index contributed by atoms with van der Waals surface area (Å²) >= 11 is 0. The Labute approximate surface area is 214 Å². The Balaban J connectivity index is 2.38. The van der Waals surface area contributed by atoms with E-state index in [4.69, 9.17) is 4.74 Å². The van der Waals surface area contributed by atoms with E-state index in [1.54, 1.807) is 20.8 Å². The molecule has 186 valence electrons. The number of alkyl carbamates (subject to hydrolysis) is 1. The van der Waals surface area contributed by atoms with Gasteiger partial charge in [0.15, 0.2) is 5.78 Å². The highest BCUT2D eigenvalue weighted by Crippen LogP contribution is 2.46. The van der Waals surface area contributed by atoms with Crippen LogP contribution in [-0.2, 0) is 9.53 Å². The molecule has 5 nitrogen and oxygen atoms in total. The molecule has 0 spiro atoms. The lowest BCUT2D eigenvalue weighted by Gasteiger charge is -2.32. The summed E-state index contributed by atoms with van der Waals surface area (Å²) in [5.41, 5.74) is -0.717. The number of carbonyl (C=O) groups excluding carboxylic acids is 2. The molecule has 3 aromatic carbocycles. The molecule has 0 radical (unpaired) electrons. The Morgan fingerprint density at radius 3 is 1.50 bits per heavy atom. The van der Waals surface area contributed by atoms with E-state index in [1.165, 1.54) is 0 Å². The molecule has 0 heterocycles. The van der Waals surface area contributed by atoms with E-state index in [2.05, 4.69) is 11.4 Å². The van der Waals surface area contributed by atoms with Crippen molar-refractivity contribution in [2.45, 2.75) is 46.3 Å². The summed E-state index contributed by atoms with van der Waals surface area (Å²) in [6.45, 7) is 6.11. The third kappa shape index (κ3) is 5.78. The molecule has 0 unspecified atom stereocenters. The number of Topliss-reactive ketones (excluding diaryl/α,β-unsaturated/α-hetero) is 1. The maximum Gasteiger partial charge on any atom is 0.408 e. The van der Waals surface area contributed by atoms with Crippen LogP contribution in [-0.4, -0.2) is 28.8 Å². The first kappa shape index (κ1) is 27.0. The molecule has 36 heavy (non-hydrogen) atoms. The predicted octanol–water partition coefficient (Wildman–Crippen LogP) is 4.79. The number of ether oxygens (including phenoxy) is 1. The van der Waals surface area contributed by atoms with E-state index in [0.717, 1.165) is 15.9 Å². The van der Waals surface area contributed by atoms with Gasteiger partial charge in [-0.05, 0) is 49.5 Å². The Kier molecular flexibility index (Phi) is 8.56. The van der Waals surface area contributed by atoms with Gasteiger partial charge in [-0.15, -0.1) is 0 Å². The highest BCUT2D eigenvalue weighted by molar-refractivity contribution is 7.97. The van der Waals surface area contributed by atoms with Gasteiger partial charge in [0.05, 0.1) is 6.04 Å². The molecule has 1 N–H and O–H groups in total. The number of rotatable bonds is 7. The smallest absolute Gasteiger partial charge is 0.408 e. The second-order valence-corrected chi connectivity index (χ2v) is 13.2. The maximum atomic E-state index is 14.3. The molecule has 0 saturated heterocycles. The fourth-order valence-corrected chi connectivity index (χ4v) is 8.35. The van der Waals surface area contributed by atoms with Gasteiger partial charge in [0.25, 0.3) is 0 Å². The second-order valence-electron chi connectivity index (χ2n) is 9.87. The van der Waals surface area contributed by atoms with Gasteiger partial charge in [-0.3, -0.25) is 4.79 Å². The van der Waals surface area contributed by atoms with Gasteiger partial charge in [0.2, 0.25) is 0 Å². The molecule has 0 aliphatic heterocycles. The molecule has 0 aliphatic rings. The quantitative estimate of drug-likeness (QED) is 0.473. The first-order valence-electron chi connectivity index (χ1n) is 12.0. The van der Waals surface area contributed by atoms with Crippen LogP contribution in [0.5, 0.6) is 0 Å². The molecule has 3 aromatic rings. The summed E-state index contributed by atoms with van der Waals surface area (Å²) in [5.74, 6) is -0.666. The minimum Gasteiger partial charge on any atom is -0.444 e. The Morgan fingerprint density at radius 2 is 1.19 bits per heavy atom. The average molecular weight is 501 g/mol. The monoisotopic (exact) mass is 500 g/mol. The zero-order valence-electron chi connectivity index (χ0n) is 21.4. The highest BCUT2D eigenvalue weighted by atomic mass is 31.2. The normalized spacial score (nSPS) is 12.4. The van der Waals surface area contributed by atoms with Crippen molar-refractivity contribution in [3.63, 3.8) is 0 Å². The number of hydrogen-bond donors (Lipinski definition) is 1. The standard InChI is InChI=1S/C30H33N2O3P/c1-22(2)27(32-29(34)35-30(3,4)5)28(33)26(21-31)36(23-15-9-6-10-16-23,24-17-11-7-12-18-24)25-19-13-8-14-20-25/h6-20,22,27H,1-5H3,(H,32,34)/t27-/m0/s1. The minimum atomic E-state index is -2.88. The molecule has 3 rings (SSSR count). The van der Waals surface area contributed by atoms with E-state index in [-0.39, 0.29) is 11.2 Å². The van der Waals surface area contributed by atoms with Crippen LogP contribution in [0.1, 0.15) is 34.6 Å². The van der Waals surface area contributed by atoms with Gasteiger partial charge < -0.3 is 10.1 Å². The zero-order valence-corrected chi connectivity index (χ0v) is 22.3. The lowest BCUT2D eigenvalue weighted by atomic mass is 9.98. The number of nitrogens with zero attached hydrogens (tertiary/aromatic N) is 1. The van der Waals surface area contributed by atoms with E-state index in [1.807, 2.05) is 105 Å². The third-order valence-electron chi connectivity index (χ3n) is 5.73. The van der Waals surface area contributed by atoms with Crippen LogP contribution >= 0.6 is 6.89 Å². The summed E-state index contributed by atoms with van der Waals surface area (Å²) < 4.78 is 5.44. The first-order valence-corrected chi connectivity index (χ1v) is 13.8. The van der Waals surface area contributed by atoms with E-state index in [9.17, 15) is 14.9 Å². The highest BCUT2D eigenvalue weighted by Gasteiger charge is 2.37. The number of carbonyl (C=O) groups is 2. The van der Waals surface area contributed by atoms with Gasteiger partial charge in [-0.2, -0.15) is 5.26 Å². The number of nitriles is 1. The SMILES string of the molecule is CC(C)[C@H](NC(=O)OC(C)(C)C)C(=O)C(C#N)=P(c1ccccc1)(c1ccccc1)c1ccccc1. The largest absolute Gasteiger partial charge is 0.444 e. The summed E-state index contributed by atoms with van der Waals surface area (Å²) in [6.07, 6.45) is -0.685. The van der Waals surface area contributed by atoms with Gasteiger partial charge >= 0.3 is 6.09 Å². The lowest BCUT2D eigenvalue weighted by Crippen LogP contribution is -2.49. The van der Waals surface area contributed by atoms with Crippen LogP contribution in [0, 0.1) is 17.2 Å². The van der Waals surface area contributed by atoms with Crippen molar-refractivity contribution >= 4 is 40.0 Å². The maximum absolute atomic E-state index is 14.3. The molecule has 0 bridgehead atoms. The topological polar surface area (TPSA) is 79.2 Å². The average Bonchev–Trinajstić information content (AvgIpc) is 2.86. The molecule has 0 fully saturated rings. The van der Waals surface area contributed by atoms with Crippen molar-refractivity contribution in [2.75, 3.05) is 0 Å². The van der Waals surface area contributed by atoms with Crippen molar-refractivity contribution in [2.24, 2.45) is 5.92 Å². The van der Waals surface area contributed by atoms with Crippen LogP contribution in [0.3, 0.4) is 0 Å². The molecule has 0 aliphatic carbocycles. The lowest BCUT2D eigenvalue weighted by molar-refractivity contribution is -0.115. The van der Waals surface area contributed by atoms with Crippen LogP contribution in [0.25, 0.3) is 0 Å². The molecular formula is C30H33N2O3P. The second kappa shape index (κ2) is 11.4. The third-order valence-corrected chi connectivity index (χ3v) is 9.94. The number of ketones is 1. The minimum absolute atomic E-state index is 0.140. The zero-order chi connectivity index (χ0) is 26.3. The van der Waals surface area contributed by atoms with Crippen LogP contribution < -0.4 is 21.2 Å². The van der Waals surface area contributed by atoms with E-state index in [0.29, 0.717) is 0 Å². The van der Waals surface area contributed by atoms with Gasteiger partial charge in [0, 0.05) is 0 Å². The van der Waals surface area contributed by atoms with Crippen molar-refractivity contribution in [3.8, 4) is 6.07 Å². The molecule has 1 atom stereocenters. The summed E-state index contributed by atoms with van der Waals surface area (Å²) in [5, 5.41) is 16.2. The molecule has 1 amide bonds. The van der Waals surface area contributed by atoms with E-state index >= 15 is 0 Å². The van der Waals surface area contributed by atoms with Crippen LogP contribution in [0.4, 0.5) is 4.79 Å². The number of benzene rings is 3. The Morgan fingerprint density at radius 1 is 0.806 bits per heavy atom. The number of amides is 1. The number of nitrogens with one attached hydrogen (secondary N) is 1. The van der Waals surface area contributed by atoms with Crippen LogP contribution in [0.15, 0.2) is 91.0 Å². The van der Waals surface area contributed by atoms with Crippen molar-refractivity contribution < 1.29 is 14.3 Å². The summed E-state index contributed by atoms with van der Waals surface area (Å²) in [4.78, 5) is 27.0. The molecule has 0 saturated carbocycles. The van der Waals surface area contributed by atoms with Crippen molar-refractivity contribution in [1.29, 1.82) is 5.26 Å². The Hall–Kier alpha value is -3.61. The molecule has 6 heteroatoms. The van der Waals surface area contributed by atoms with Crippen molar-refractivity contribution in [3.05, 3.63) is 91.0 Å². The molecular weight excluding hydrogens is 467 g/mol. The molecule has 0 aromatic heterocycles. The Bertz CT molecular complexity index is 1190. The first-order chi connectivity index (χ1) is 17.1. The number of hydrogen-bond acceptors (Lipinski definition) is 4. The van der Waals surface area contributed by atoms with Crippen LogP contribution in [0.2, 0.25) is 0 Å². The van der Waals surface area contributed by atoms with Gasteiger partial charge in [-0.25, -0.2) is 4.79 Å². The van der Waals surface area contributed by atoms with Gasteiger partial charge in [0.1, 0.15) is 17.0 Å². The summed E-state index contributed by atoms with van der Waals surface area (Å²) in [7, 11) is 0. The van der Waals surface area contributed by atoms with Gasteiger partial charge in [-0.1, -0.05) is 105 Å². The van der Waals surface area contributed by atoms with E-state index < -0.39 is 30.4 Å².